The molecule has 1 heterocycles. The molecule has 0 radical (unpaired) electrons. The maximum atomic E-state index is 5.73. The average Bonchev–Trinajstić information content (AvgIpc) is 2.51. The molecule has 2 aromatic rings. The Labute approximate surface area is 143 Å². The molecule has 0 spiro atoms. The Balaban J connectivity index is 0.00000264. The first-order valence-electron chi connectivity index (χ1n) is 7.25. The van der Waals surface area contributed by atoms with Gasteiger partial charge in [0.2, 0.25) is 5.95 Å². The highest BCUT2D eigenvalue weighted by atomic mass is 35.5. The molecular weight excluding hydrogens is 314 g/mol. The van der Waals surface area contributed by atoms with Gasteiger partial charge in [-0.15, -0.1) is 12.4 Å². The molecule has 0 atom stereocenters. The van der Waals surface area contributed by atoms with Gasteiger partial charge in [-0.05, 0) is 45.3 Å². The molecule has 0 unspecified atom stereocenters. The van der Waals surface area contributed by atoms with Crippen molar-refractivity contribution in [1.29, 1.82) is 0 Å². The third-order valence-corrected chi connectivity index (χ3v) is 3.29. The van der Waals surface area contributed by atoms with Crippen LogP contribution in [0, 0.1) is 0 Å². The summed E-state index contributed by atoms with van der Waals surface area (Å²) in [6.07, 6.45) is 2.69. The molecule has 7 heteroatoms. The lowest BCUT2D eigenvalue weighted by Gasteiger charge is -2.25. The summed E-state index contributed by atoms with van der Waals surface area (Å²) in [5, 5.41) is 0. The summed E-state index contributed by atoms with van der Waals surface area (Å²) >= 11 is 0. The molecular formula is C16H24ClN5O. The molecule has 0 saturated heterocycles. The van der Waals surface area contributed by atoms with Gasteiger partial charge < -0.3 is 20.3 Å². The summed E-state index contributed by atoms with van der Waals surface area (Å²) in [5.41, 5.74) is 6.75. The van der Waals surface area contributed by atoms with Crippen LogP contribution in [0.5, 0.6) is 5.75 Å². The zero-order valence-corrected chi connectivity index (χ0v) is 14.6. The molecule has 0 bridgehead atoms. The van der Waals surface area contributed by atoms with Crippen molar-refractivity contribution in [3.8, 4) is 5.75 Å². The smallest absolute Gasteiger partial charge is 0.221 e. The zero-order valence-electron chi connectivity index (χ0n) is 13.8. The highest BCUT2D eigenvalue weighted by Crippen LogP contribution is 2.27. The van der Waals surface area contributed by atoms with Crippen LogP contribution in [-0.2, 0) is 0 Å². The van der Waals surface area contributed by atoms with Gasteiger partial charge in [-0.2, -0.15) is 4.98 Å². The highest BCUT2D eigenvalue weighted by molar-refractivity contribution is 5.85. The van der Waals surface area contributed by atoms with E-state index in [9.17, 15) is 0 Å². The monoisotopic (exact) mass is 337 g/mol. The van der Waals surface area contributed by atoms with Crippen molar-refractivity contribution in [2.24, 2.45) is 0 Å². The van der Waals surface area contributed by atoms with Gasteiger partial charge in [0.1, 0.15) is 11.6 Å². The fourth-order valence-electron chi connectivity index (χ4n) is 2.21. The van der Waals surface area contributed by atoms with Crippen molar-refractivity contribution in [3.63, 3.8) is 0 Å². The fourth-order valence-corrected chi connectivity index (χ4v) is 2.21. The predicted molar refractivity (Wildman–Crippen MR) is 96.9 cm³/mol. The summed E-state index contributed by atoms with van der Waals surface area (Å²) in [6, 6.07) is 9.80. The number of aromatic nitrogens is 2. The van der Waals surface area contributed by atoms with Crippen LogP contribution in [-0.4, -0.2) is 49.2 Å². The summed E-state index contributed by atoms with van der Waals surface area (Å²) in [6.45, 7) is 1.84. The maximum absolute atomic E-state index is 5.73. The summed E-state index contributed by atoms with van der Waals surface area (Å²) in [4.78, 5) is 12.6. The van der Waals surface area contributed by atoms with E-state index in [1.54, 1.807) is 13.3 Å². The van der Waals surface area contributed by atoms with Crippen LogP contribution >= 0.6 is 12.4 Å². The van der Waals surface area contributed by atoms with Gasteiger partial charge >= 0.3 is 0 Å². The highest BCUT2D eigenvalue weighted by Gasteiger charge is 2.12. The van der Waals surface area contributed by atoms with Gasteiger partial charge in [-0.1, -0.05) is 6.07 Å². The van der Waals surface area contributed by atoms with Gasteiger partial charge in [-0.3, -0.25) is 0 Å². The van der Waals surface area contributed by atoms with E-state index in [-0.39, 0.29) is 18.4 Å². The number of hydrogen-bond acceptors (Lipinski definition) is 6. The number of nitrogen functional groups attached to an aromatic ring is 1. The largest absolute Gasteiger partial charge is 0.497 e. The van der Waals surface area contributed by atoms with E-state index < -0.39 is 0 Å². The van der Waals surface area contributed by atoms with Crippen LogP contribution in [0.15, 0.2) is 36.5 Å². The molecule has 0 amide bonds. The third-order valence-electron chi connectivity index (χ3n) is 3.29. The lowest BCUT2D eigenvalue weighted by molar-refractivity contribution is 0.402. The normalized spacial score (nSPS) is 10.3. The number of nitrogens with two attached hydrogens (primary N) is 1. The zero-order chi connectivity index (χ0) is 15.9. The van der Waals surface area contributed by atoms with Crippen LogP contribution < -0.4 is 15.4 Å². The van der Waals surface area contributed by atoms with Crippen LogP contribution in [0.4, 0.5) is 17.5 Å². The minimum atomic E-state index is 0. The molecule has 2 N–H and O–H groups in total. The number of rotatable bonds is 7. The molecule has 23 heavy (non-hydrogen) atoms. The van der Waals surface area contributed by atoms with Crippen molar-refractivity contribution in [1.82, 2.24) is 14.9 Å². The Kier molecular flexibility index (Phi) is 7.57. The van der Waals surface area contributed by atoms with Crippen molar-refractivity contribution >= 4 is 29.9 Å². The second-order valence-electron chi connectivity index (χ2n) is 5.28. The number of methoxy groups -OCH3 is 1. The molecule has 0 fully saturated rings. The second kappa shape index (κ2) is 9.17. The predicted octanol–water partition coefficient (Wildman–Crippen LogP) is 2.58. The minimum Gasteiger partial charge on any atom is -0.497 e. The van der Waals surface area contributed by atoms with Gasteiger partial charge in [0, 0.05) is 24.5 Å². The van der Waals surface area contributed by atoms with E-state index >= 15 is 0 Å². The summed E-state index contributed by atoms with van der Waals surface area (Å²) in [5.74, 6) is 1.88. The molecule has 2 rings (SSSR count). The molecule has 0 aliphatic carbocycles. The Hall–Kier alpha value is -2.05. The van der Waals surface area contributed by atoms with E-state index in [0.717, 1.165) is 36.8 Å². The first-order chi connectivity index (χ1) is 10.6. The molecule has 0 saturated carbocycles. The number of ether oxygens (including phenoxy) is 1. The van der Waals surface area contributed by atoms with Crippen LogP contribution in [0.3, 0.4) is 0 Å². The maximum Gasteiger partial charge on any atom is 0.221 e. The molecule has 6 nitrogen and oxygen atoms in total. The SMILES string of the molecule is COc1cccc(N(CCCN(C)C)c2ccnc(N)n2)c1.Cl. The van der Waals surface area contributed by atoms with Gasteiger partial charge in [0.25, 0.3) is 0 Å². The average molecular weight is 338 g/mol. The quantitative estimate of drug-likeness (QED) is 0.837. The second-order valence-corrected chi connectivity index (χ2v) is 5.28. The number of nitrogens with zero attached hydrogens (tertiary/aromatic N) is 4. The molecule has 0 aliphatic rings. The number of anilines is 3. The van der Waals surface area contributed by atoms with Gasteiger partial charge in [0.05, 0.1) is 7.11 Å². The Bertz CT molecular complexity index is 609. The van der Waals surface area contributed by atoms with Crippen molar-refractivity contribution in [2.45, 2.75) is 6.42 Å². The third kappa shape index (κ3) is 5.58. The van der Waals surface area contributed by atoms with E-state index in [0.29, 0.717) is 0 Å². The van der Waals surface area contributed by atoms with E-state index in [4.69, 9.17) is 10.5 Å². The topological polar surface area (TPSA) is 67.5 Å². The van der Waals surface area contributed by atoms with Crippen molar-refractivity contribution in [3.05, 3.63) is 36.5 Å². The van der Waals surface area contributed by atoms with E-state index in [2.05, 4.69) is 33.9 Å². The lowest BCUT2D eigenvalue weighted by atomic mass is 10.2. The number of hydrogen-bond donors (Lipinski definition) is 1. The Morgan fingerprint density at radius 3 is 2.61 bits per heavy atom. The molecule has 1 aromatic heterocycles. The first-order valence-corrected chi connectivity index (χ1v) is 7.25. The number of benzene rings is 1. The first kappa shape index (κ1) is 19.0. The van der Waals surface area contributed by atoms with E-state index in [1.165, 1.54) is 0 Å². The van der Waals surface area contributed by atoms with Crippen LogP contribution in [0.2, 0.25) is 0 Å². The van der Waals surface area contributed by atoms with Crippen molar-refractivity contribution in [2.75, 3.05) is 44.9 Å². The number of halogens is 1. The molecule has 126 valence electrons. The fraction of sp³-hybridized carbons (Fsp3) is 0.375. The Morgan fingerprint density at radius 1 is 1.17 bits per heavy atom. The summed E-state index contributed by atoms with van der Waals surface area (Å²) < 4.78 is 5.31. The summed E-state index contributed by atoms with van der Waals surface area (Å²) in [7, 11) is 5.80. The molecule has 0 aliphatic heterocycles. The standard InChI is InChI=1S/C16H23N5O.ClH/c1-20(2)10-5-11-21(15-8-9-18-16(17)19-15)13-6-4-7-14(12-13)22-3;/h4,6-9,12H,5,10-11H2,1-3H3,(H2,17,18,19);1H. The van der Waals surface area contributed by atoms with Crippen LogP contribution in [0.25, 0.3) is 0 Å². The van der Waals surface area contributed by atoms with Crippen LogP contribution in [0.1, 0.15) is 6.42 Å². The van der Waals surface area contributed by atoms with Gasteiger partial charge in [-0.25, -0.2) is 4.98 Å². The van der Waals surface area contributed by atoms with E-state index in [1.807, 2.05) is 30.3 Å². The lowest BCUT2D eigenvalue weighted by Crippen LogP contribution is -2.24. The minimum absolute atomic E-state index is 0. The van der Waals surface area contributed by atoms with Gasteiger partial charge in [0.15, 0.2) is 0 Å². The van der Waals surface area contributed by atoms with Crippen molar-refractivity contribution < 1.29 is 4.74 Å². The molecule has 1 aromatic carbocycles. The Morgan fingerprint density at radius 2 is 1.96 bits per heavy atom.